The molecular weight excluding hydrogens is 318 g/mol. The van der Waals surface area contributed by atoms with Crippen molar-refractivity contribution in [2.75, 3.05) is 6.54 Å². The quantitative estimate of drug-likeness (QED) is 0.765. The van der Waals surface area contributed by atoms with Crippen molar-refractivity contribution in [3.63, 3.8) is 0 Å². The van der Waals surface area contributed by atoms with Crippen molar-refractivity contribution < 1.29 is 4.79 Å². The molecule has 0 radical (unpaired) electrons. The Morgan fingerprint density at radius 2 is 2.25 bits per heavy atom. The SMILES string of the molecule is CCc1sc(C(=O)N2CCCC2c2nc3ccccc3[nH]2)cc1C. The number of imidazole rings is 1. The minimum atomic E-state index is 0.0531. The van der Waals surface area contributed by atoms with Gasteiger partial charge in [-0.3, -0.25) is 4.79 Å². The molecule has 24 heavy (non-hydrogen) atoms. The molecule has 0 saturated carbocycles. The number of thiophene rings is 1. The van der Waals surface area contributed by atoms with Gasteiger partial charge in [0.05, 0.1) is 22.0 Å². The van der Waals surface area contributed by atoms with E-state index in [2.05, 4.69) is 18.8 Å². The molecule has 1 saturated heterocycles. The maximum atomic E-state index is 13.0. The Hall–Kier alpha value is -2.14. The van der Waals surface area contributed by atoms with Crippen LogP contribution in [0.3, 0.4) is 0 Å². The van der Waals surface area contributed by atoms with Crippen molar-refractivity contribution in [3.05, 3.63) is 51.5 Å². The maximum Gasteiger partial charge on any atom is 0.264 e. The molecule has 1 N–H and O–H groups in total. The number of likely N-dealkylation sites (tertiary alicyclic amines) is 1. The number of nitrogens with one attached hydrogen (secondary N) is 1. The van der Waals surface area contributed by atoms with Crippen LogP contribution in [0.15, 0.2) is 30.3 Å². The second kappa shape index (κ2) is 6.06. The van der Waals surface area contributed by atoms with Crippen LogP contribution < -0.4 is 0 Å². The van der Waals surface area contributed by atoms with Crippen molar-refractivity contribution in [2.24, 2.45) is 0 Å². The van der Waals surface area contributed by atoms with Gasteiger partial charge in [0, 0.05) is 11.4 Å². The maximum absolute atomic E-state index is 13.0. The summed E-state index contributed by atoms with van der Waals surface area (Å²) in [6, 6.07) is 10.1. The largest absolute Gasteiger partial charge is 0.340 e. The van der Waals surface area contributed by atoms with Crippen LogP contribution in [0.4, 0.5) is 0 Å². The van der Waals surface area contributed by atoms with Crippen LogP contribution in [0.5, 0.6) is 0 Å². The summed E-state index contributed by atoms with van der Waals surface area (Å²) in [7, 11) is 0. The van der Waals surface area contributed by atoms with E-state index in [1.807, 2.05) is 35.2 Å². The van der Waals surface area contributed by atoms with E-state index in [1.54, 1.807) is 11.3 Å². The third-order valence-electron chi connectivity index (χ3n) is 4.79. The monoisotopic (exact) mass is 339 g/mol. The minimum absolute atomic E-state index is 0.0531. The summed E-state index contributed by atoms with van der Waals surface area (Å²) in [5.74, 6) is 1.05. The zero-order valence-electron chi connectivity index (χ0n) is 14.0. The van der Waals surface area contributed by atoms with Crippen LogP contribution in [0, 0.1) is 6.92 Å². The molecule has 1 unspecified atom stereocenters. The number of benzene rings is 1. The summed E-state index contributed by atoms with van der Waals surface area (Å²) in [4.78, 5) is 25.3. The van der Waals surface area contributed by atoms with Crippen LogP contribution in [0.2, 0.25) is 0 Å². The Kier molecular flexibility index (Phi) is 3.88. The lowest BCUT2D eigenvalue weighted by Gasteiger charge is -2.22. The van der Waals surface area contributed by atoms with Gasteiger partial charge in [0.15, 0.2) is 0 Å². The highest BCUT2D eigenvalue weighted by molar-refractivity contribution is 7.14. The van der Waals surface area contributed by atoms with Crippen molar-refractivity contribution >= 4 is 28.3 Å². The van der Waals surface area contributed by atoms with E-state index in [0.29, 0.717) is 0 Å². The Labute approximate surface area is 145 Å². The molecule has 4 rings (SSSR count). The molecule has 1 aromatic carbocycles. The molecule has 1 aliphatic rings. The van der Waals surface area contributed by atoms with E-state index in [4.69, 9.17) is 4.98 Å². The molecule has 4 nitrogen and oxygen atoms in total. The number of rotatable bonds is 3. The third-order valence-corrected chi connectivity index (χ3v) is 6.16. The first-order valence-electron chi connectivity index (χ1n) is 8.52. The van der Waals surface area contributed by atoms with E-state index in [1.165, 1.54) is 10.4 Å². The average Bonchev–Trinajstić information content (AvgIpc) is 3.30. The summed E-state index contributed by atoms with van der Waals surface area (Å²) in [6.07, 6.45) is 2.98. The molecule has 1 atom stereocenters. The molecule has 1 fully saturated rings. The van der Waals surface area contributed by atoms with Gasteiger partial charge in [-0.1, -0.05) is 19.1 Å². The number of nitrogens with zero attached hydrogens (tertiary/aromatic N) is 2. The van der Waals surface area contributed by atoms with Crippen molar-refractivity contribution in [1.82, 2.24) is 14.9 Å². The fraction of sp³-hybridized carbons (Fsp3) is 0.368. The topological polar surface area (TPSA) is 49.0 Å². The fourth-order valence-electron chi connectivity index (χ4n) is 3.54. The molecule has 0 bridgehead atoms. The number of aryl methyl sites for hydroxylation is 2. The van der Waals surface area contributed by atoms with E-state index < -0.39 is 0 Å². The van der Waals surface area contributed by atoms with Gasteiger partial charge in [-0.15, -0.1) is 11.3 Å². The van der Waals surface area contributed by atoms with Crippen LogP contribution in [-0.4, -0.2) is 27.3 Å². The molecule has 0 spiro atoms. The minimum Gasteiger partial charge on any atom is -0.340 e. The predicted octanol–water partition coefficient (Wildman–Crippen LogP) is 4.47. The van der Waals surface area contributed by atoms with E-state index >= 15 is 0 Å². The molecule has 2 aromatic heterocycles. The summed E-state index contributed by atoms with van der Waals surface area (Å²) in [5.41, 5.74) is 3.23. The van der Waals surface area contributed by atoms with E-state index in [0.717, 1.165) is 47.5 Å². The Balaban J connectivity index is 1.65. The number of hydrogen-bond acceptors (Lipinski definition) is 3. The standard InChI is InChI=1S/C19H21N3OS/c1-3-16-12(2)11-17(24-16)19(23)22-10-6-9-15(22)18-20-13-7-4-5-8-14(13)21-18/h4-5,7-8,11,15H,3,6,9-10H2,1-2H3,(H,20,21). The average molecular weight is 339 g/mol. The van der Waals surface area contributed by atoms with Crippen molar-refractivity contribution in [2.45, 2.75) is 39.2 Å². The fourth-order valence-corrected chi connectivity index (χ4v) is 4.61. The first kappa shape index (κ1) is 15.4. The van der Waals surface area contributed by atoms with Crippen LogP contribution in [0.25, 0.3) is 11.0 Å². The molecule has 5 heteroatoms. The van der Waals surface area contributed by atoms with Crippen molar-refractivity contribution in [3.8, 4) is 0 Å². The van der Waals surface area contributed by atoms with Gasteiger partial charge >= 0.3 is 0 Å². The molecular formula is C19H21N3OS. The van der Waals surface area contributed by atoms with E-state index in [9.17, 15) is 4.79 Å². The lowest BCUT2D eigenvalue weighted by Crippen LogP contribution is -2.30. The third kappa shape index (κ3) is 2.53. The van der Waals surface area contributed by atoms with Gasteiger partial charge < -0.3 is 9.88 Å². The molecule has 1 aliphatic heterocycles. The number of carbonyl (C=O) groups excluding carboxylic acids is 1. The number of H-pyrrole nitrogens is 1. The van der Waals surface area contributed by atoms with Gasteiger partial charge in [-0.05, 0) is 49.9 Å². The first-order chi connectivity index (χ1) is 11.7. The summed E-state index contributed by atoms with van der Waals surface area (Å²) in [5, 5.41) is 0. The van der Waals surface area contributed by atoms with Gasteiger partial charge in [0.1, 0.15) is 5.82 Å². The Bertz CT molecular complexity index is 862. The van der Waals surface area contributed by atoms with Gasteiger partial charge in [-0.2, -0.15) is 0 Å². The summed E-state index contributed by atoms with van der Waals surface area (Å²) < 4.78 is 0. The lowest BCUT2D eigenvalue weighted by molar-refractivity contribution is 0.0735. The highest BCUT2D eigenvalue weighted by Crippen LogP contribution is 2.34. The number of carbonyl (C=O) groups is 1. The van der Waals surface area contributed by atoms with Gasteiger partial charge in [0.25, 0.3) is 5.91 Å². The van der Waals surface area contributed by atoms with Crippen LogP contribution in [0.1, 0.15) is 51.7 Å². The zero-order valence-corrected chi connectivity index (χ0v) is 14.8. The number of amides is 1. The number of para-hydroxylation sites is 2. The van der Waals surface area contributed by atoms with Crippen molar-refractivity contribution in [1.29, 1.82) is 0 Å². The Morgan fingerprint density at radius 1 is 1.42 bits per heavy atom. The second-order valence-corrected chi connectivity index (χ2v) is 7.50. The first-order valence-corrected chi connectivity index (χ1v) is 9.34. The summed E-state index contributed by atoms with van der Waals surface area (Å²) in [6.45, 7) is 5.03. The molecule has 1 amide bonds. The smallest absolute Gasteiger partial charge is 0.264 e. The summed E-state index contributed by atoms with van der Waals surface area (Å²) >= 11 is 1.63. The Morgan fingerprint density at radius 3 is 3.00 bits per heavy atom. The van der Waals surface area contributed by atoms with Gasteiger partial charge in [-0.25, -0.2) is 4.98 Å². The molecule has 124 valence electrons. The molecule has 0 aliphatic carbocycles. The number of aromatic nitrogens is 2. The zero-order chi connectivity index (χ0) is 16.7. The highest BCUT2D eigenvalue weighted by atomic mass is 32.1. The number of fused-ring (bicyclic) bond motifs is 1. The van der Waals surface area contributed by atoms with Gasteiger partial charge in [0.2, 0.25) is 0 Å². The van der Waals surface area contributed by atoms with E-state index in [-0.39, 0.29) is 11.9 Å². The van der Waals surface area contributed by atoms with Crippen LogP contribution >= 0.6 is 11.3 Å². The second-order valence-electron chi connectivity index (χ2n) is 6.37. The highest BCUT2D eigenvalue weighted by Gasteiger charge is 2.33. The van der Waals surface area contributed by atoms with Crippen LogP contribution in [-0.2, 0) is 6.42 Å². The number of hydrogen-bond donors (Lipinski definition) is 1. The molecule has 3 aromatic rings. The predicted molar refractivity (Wildman–Crippen MR) is 97.5 cm³/mol. The normalized spacial score (nSPS) is 17.8. The lowest BCUT2D eigenvalue weighted by atomic mass is 10.2. The molecule has 3 heterocycles. The number of aromatic amines is 1.